The smallest absolute Gasteiger partial charge is 0.0284 e. The van der Waals surface area contributed by atoms with Crippen molar-refractivity contribution in [2.24, 2.45) is 11.8 Å². The van der Waals surface area contributed by atoms with Gasteiger partial charge in [-0.25, -0.2) is 0 Å². The molecule has 2 nitrogen and oxygen atoms in total. The molecule has 0 saturated heterocycles. The highest BCUT2D eigenvalue weighted by Gasteiger charge is 2.26. The molecular formula is C16H26N2. The maximum Gasteiger partial charge on any atom is 0.0284 e. The Morgan fingerprint density at radius 2 is 2.00 bits per heavy atom. The van der Waals surface area contributed by atoms with Crippen molar-refractivity contribution >= 4 is 0 Å². The van der Waals surface area contributed by atoms with Crippen LogP contribution in [-0.4, -0.2) is 6.04 Å². The van der Waals surface area contributed by atoms with Gasteiger partial charge in [0.15, 0.2) is 0 Å². The first-order valence-corrected chi connectivity index (χ1v) is 6.86. The second-order valence-corrected chi connectivity index (χ2v) is 4.96. The molecular weight excluding hydrogens is 220 g/mol. The highest BCUT2D eigenvalue weighted by Crippen LogP contribution is 2.31. The number of hydrazine groups is 1. The van der Waals surface area contributed by atoms with Crippen molar-refractivity contribution in [1.82, 2.24) is 5.43 Å². The van der Waals surface area contributed by atoms with Gasteiger partial charge in [0.1, 0.15) is 0 Å². The van der Waals surface area contributed by atoms with Crippen LogP contribution >= 0.6 is 0 Å². The highest BCUT2D eigenvalue weighted by atomic mass is 15.2. The van der Waals surface area contributed by atoms with Gasteiger partial charge in [-0.05, 0) is 24.3 Å². The van der Waals surface area contributed by atoms with Crippen LogP contribution in [-0.2, 0) is 0 Å². The molecule has 0 heterocycles. The predicted molar refractivity (Wildman–Crippen MR) is 79.2 cm³/mol. The average molecular weight is 246 g/mol. The summed E-state index contributed by atoms with van der Waals surface area (Å²) in [5.74, 6) is 6.83. The van der Waals surface area contributed by atoms with E-state index in [1.54, 1.807) is 0 Å². The summed E-state index contributed by atoms with van der Waals surface area (Å²) in [6, 6.07) is 11.0. The third kappa shape index (κ3) is 3.97. The van der Waals surface area contributed by atoms with Gasteiger partial charge >= 0.3 is 0 Å². The van der Waals surface area contributed by atoms with Crippen molar-refractivity contribution in [2.75, 3.05) is 0 Å². The molecule has 0 spiro atoms. The van der Waals surface area contributed by atoms with Crippen LogP contribution in [0.4, 0.5) is 0 Å². The van der Waals surface area contributed by atoms with Crippen LogP contribution in [0.1, 0.15) is 44.6 Å². The Morgan fingerprint density at radius 1 is 1.33 bits per heavy atom. The minimum absolute atomic E-state index is 0.306. The number of hydrogen-bond donors (Lipinski definition) is 2. The van der Waals surface area contributed by atoms with Gasteiger partial charge in [-0.3, -0.25) is 11.3 Å². The molecule has 0 saturated carbocycles. The molecule has 1 aromatic carbocycles. The SMILES string of the molecule is C=CCCC(NN)C(c1ccccc1)C(C)CC. The maximum absolute atomic E-state index is 5.76. The van der Waals surface area contributed by atoms with Crippen LogP contribution in [0.5, 0.6) is 0 Å². The van der Waals surface area contributed by atoms with Gasteiger partial charge in [-0.2, -0.15) is 0 Å². The fourth-order valence-corrected chi connectivity index (χ4v) is 2.55. The fraction of sp³-hybridized carbons (Fsp3) is 0.500. The van der Waals surface area contributed by atoms with Gasteiger partial charge < -0.3 is 0 Å². The number of nitrogens with one attached hydrogen (secondary N) is 1. The lowest BCUT2D eigenvalue weighted by Crippen LogP contribution is -2.41. The number of nitrogens with two attached hydrogens (primary N) is 1. The Balaban J connectivity index is 2.92. The highest BCUT2D eigenvalue weighted by molar-refractivity contribution is 5.22. The van der Waals surface area contributed by atoms with Crippen LogP contribution in [0.25, 0.3) is 0 Å². The Labute approximate surface area is 111 Å². The molecule has 0 aliphatic rings. The lowest BCUT2D eigenvalue weighted by molar-refractivity contribution is 0.325. The zero-order valence-corrected chi connectivity index (χ0v) is 11.6. The van der Waals surface area contributed by atoms with Gasteiger partial charge in [0.2, 0.25) is 0 Å². The fourth-order valence-electron chi connectivity index (χ4n) is 2.55. The Hall–Kier alpha value is -1.12. The van der Waals surface area contributed by atoms with Gasteiger partial charge in [0.05, 0.1) is 0 Å². The van der Waals surface area contributed by atoms with E-state index in [1.165, 1.54) is 5.56 Å². The monoisotopic (exact) mass is 246 g/mol. The van der Waals surface area contributed by atoms with Gasteiger partial charge in [-0.15, -0.1) is 6.58 Å². The zero-order valence-electron chi connectivity index (χ0n) is 11.6. The summed E-state index contributed by atoms with van der Waals surface area (Å²) in [6.07, 6.45) is 5.15. The molecule has 0 amide bonds. The Bertz CT molecular complexity index is 334. The van der Waals surface area contributed by atoms with E-state index in [9.17, 15) is 0 Å². The largest absolute Gasteiger partial charge is 0.271 e. The van der Waals surface area contributed by atoms with Crippen LogP contribution in [0.2, 0.25) is 0 Å². The molecule has 1 aromatic rings. The molecule has 0 aliphatic carbocycles. The molecule has 3 atom stereocenters. The maximum atomic E-state index is 5.76. The van der Waals surface area contributed by atoms with Gasteiger partial charge in [0, 0.05) is 12.0 Å². The van der Waals surface area contributed by atoms with E-state index < -0.39 is 0 Å². The summed E-state index contributed by atoms with van der Waals surface area (Å²) >= 11 is 0. The molecule has 0 fully saturated rings. The summed E-state index contributed by atoms with van der Waals surface area (Å²) in [4.78, 5) is 0. The van der Waals surface area contributed by atoms with E-state index in [0.717, 1.165) is 19.3 Å². The molecule has 0 aliphatic heterocycles. The number of hydrogen-bond acceptors (Lipinski definition) is 2. The number of allylic oxidation sites excluding steroid dienone is 1. The van der Waals surface area contributed by atoms with Crippen molar-refractivity contribution < 1.29 is 0 Å². The molecule has 1 rings (SSSR count). The normalized spacial score (nSPS) is 15.9. The third-order valence-corrected chi connectivity index (χ3v) is 3.77. The average Bonchev–Trinajstić information content (AvgIpc) is 2.43. The van der Waals surface area contributed by atoms with Crippen LogP contribution in [0, 0.1) is 5.92 Å². The molecule has 3 unspecified atom stereocenters. The van der Waals surface area contributed by atoms with Gasteiger partial charge in [0.25, 0.3) is 0 Å². The topological polar surface area (TPSA) is 38.0 Å². The first-order valence-electron chi connectivity index (χ1n) is 6.86. The number of benzene rings is 1. The minimum Gasteiger partial charge on any atom is -0.271 e. The van der Waals surface area contributed by atoms with Gasteiger partial charge in [-0.1, -0.05) is 56.7 Å². The Kier molecular flexibility index (Phi) is 6.69. The standard InChI is InChI=1S/C16H26N2/c1-4-6-12-15(18-17)16(13(3)5-2)14-10-8-7-9-11-14/h4,7-11,13,15-16,18H,1,5-6,12,17H2,2-3H3. The van der Waals surface area contributed by atoms with Crippen LogP contribution in [0.15, 0.2) is 43.0 Å². The van der Waals surface area contributed by atoms with Crippen molar-refractivity contribution in [3.8, 4) is 0 Å². The Morgan fingerprint density at radius 3 is 2.50 bits per heavy atom. The second kappa shape index (κ2) is 8.06. The summed E-state index contributed by atoms with van der Waals surface area (Å²) < 4.78 is 0. The molecule has 18 heavy (non-hydrogen) atoms. The van der Waals surface area contributed by atoms with Crippen molar-refractivity contribution in [3.63, 3.8) is 0 Å². The molecule has 3 N–H and O–H groups in total. The first kappa shape index (κ1) is 14.9. The van der Waals surface area contributed by atoms with E-state index in [1.807, 2.05) is 6.08 Å². The first-order chi connectivity index (χ1) is 8.74. The molecule has 0 aromatic heterocycles. The van der Waals surface area contributed by atoms with Crippen molar-refractivity contribution in [2.45, 2.75) is 45.1 Å². The third-order valence-electron chi connectivity index (χ3n) is 3.77. The lowest BCUT2D eigenvalue weighted by atomic mass is 9.79. The number of rotatable bonds is 8. The zero-order chi connectivity index (χ0) is 13.4. The summed E-state index contributed by atoms with van der Waals surface area (Å²) in [5.41, 5.74) is 4.38. The van der Waals surface area contributed by atoms with Crippen LogP contribution in [0.3, 0.4) is 0 Å². The summed E-state index contributed by atoms with van der Waals surface area (Å²) in [5, 5.41) is 0. The summed E-state index contributed by atoms with van der Waals surface area (Å²) in [7, 11) is 0. The predicted octanol–water partition coefficient (Wildman–Crippen LogP) is 3.61. The molecule has 100 valence electrons. The van der Waals surface area contributed by atoms with E-state index in [4.69, 9.17) is 5.84 Å². The second-order valence-electron chi connectivity index (χ2n) is 4.96. The van der Waals surface area contributed by atoms with Crippen molar-refractivity contribution in [1.29, 1.82) is 0 Å². The molecule has 2 heteroatoms. The van der Waals surface area contributed by atoms with E-state index >= 15 is 0 Å². The van der Waals surface area contributed by atoms with E-state index in [-0.39, 0.29) is 0 Å². The van der Waals surface area contributed by atoms with E-state index in [2.05, 4.69) is 56.2 Å². The van der Waals surface area contributed by atoms with Crippen LogP contribution < -0.4 is 11.3 Å². The lowest BCUT2D eigenvalue weighted by Gasteiger charge is -2.31. The summed E-state index contributed by atoms with van der Waals surface area (Å²) in [6.45, 7) is 8.33. The van der Waals surface area contributed by atoms with Crippen molar-refractivity contribution in [3.05, 3.63) is 48.6 Å². The molecule has 0 bridgehead atoms. The quantitative estimate of drug-likeness (QED) is 0.418. The van der Waals surface area contributed by atoms with E-state index in [0.29, 0.717) is 17.9 Å². The minimum atomic E-state index is 0.306. The molecule has 0 radical (unpaired) electrons.